The standard InChI is InChI=1S/C21H25NO5/c1-13-18(21(25)27-3)16(12-14-8-7-11-17(26-2)19(14)23)20(24)22(13)15-9-5-4-6-10-15/h7-8,11-12,15,23H,4-6,9-10H2,1-3H3/b16-12-. The fraction of sp³-hybridized carbons (Fsp3) is 0.429. The minimum Gasteiger partial charge on any atom is -0.504 e. The first-order valence-corrected chi connectivity index (χ1v) is 9.20. The van der Waals surface area contributed by atoms with Crippen molar-refractivity contribution in [3.05, 3.63) is 40.6 Å². The predicted molar refractivity (Wildman–Crippen MR) is 101 cm³/mol. The van der Waals surface area contributed by atoms with E-state index in [2.05, 4.69) is 0 Å². The second-order valence-corrected chi connectivity index (χ2v) is 6.88. The Hall–Kier alpha value is -2.76. The Balaban J connectivity index is 2.08. The van der Waals surface area contributed by atoms with Gasteiger partial charge in [0.25, 0.3) is 5.91 Å². The Labute approximate surface area is 159 Å². The lowest BCUT2D eigenvalue weighted by atomic mass is 9.94. The molecule has 1 aliphatic heterocycles. The lowest BCUT2D eigenvalue weighted by Gasteiger charge is -2.32. The van der Waals surface area contributed by atoms with E-state index in [0.717, 1.165) is 25.7 Å². The first kappa shape index (κ1) is 19.0. The molecule has 1 N–H and O–H groups in total. The van der Waals surface area contributed by atoms with Gasteiger partial charge in [0.2, 0.25) is 0 Å². The zero-order valence-corrected chi connectivity index (χ0v) is 15.9. The average molecular weight is 371 g/mol. The van der Waals surface area contributed by atoms with Crippen molar-refractivity contribution in [2.75, 3.05) is 14.2 Å². The van der Waals surface area contributed by atoms with Gasteiger partial charge < -0.3 is 19.5 Å². The Morgan fingerprint density at radius 1 is 1.22 bits per heavy atom. The van der Waals surface area contributed by atoms with Crippen molar-refractivity contribution < 1.29 is 24.2 Å². The van der Waals surface area contributed by atoms with Crippen LogP contribution in [0.1, 0.15) is 44.6 Å². The SMILES string of the molecule is COC(=O)C1=C(C)N(C2CCCCC2)C(=O)/C1=C\c1cccc(OC)c1O. The highest BCUT2D eigenvalue weighted by molar-refractivity contribution is 6.16. The molecule has 1 aliphatic carbocycles. The molecule has 27 heavy (non-hydrogen) atoms. The lowest BCUT2D eigenvalue weighted by Crippen LogP contribution is -2.37. The van der Waals surface area contributed by atoms with Crippen LogP contribution in [-0.2, 0) is 14.3 Å². The van der Waals surface area contributed by atoms with Crippen LogP contribution in [0.4, 0.5) is 0 Å². The van der Waals surface area contributed by atoms with Crippen LogP contribution >= 0.6 is 0 Å². The number of nitrogens with zero attached hydrogens (tertiary/aromatic N) is 1. The number of amides is 1. The van der Waals surface area contributed by atoms with Crippen LogP contribution in [0.3, 0.4) is 0 Å². The molecular formula is C21H25NO5. The Bertz CT molecular complexity index is 818. The van der Waals surface area contributed by atoms with Crippen LogP contribution in [0, 0.1) is 0 Å². The number of esters is 1. The minimum absolute atomic E-state index is 0.0710. The number of carbonyl (C=O) groups excluding carboxylic acids is 2. The van der Waals surface area contributed by atoms with Gasteiger partial charge >= 0.3 is 5.97 Å². The molecule has 0 spiro atoms. The summed E-state index contributed by atoms with van der Waals surface area (Å²) < 4.78 is 10.1. The fourth-order valence-corrected chi connectivity index (χ4v) is 3.95. The number of ether oxygens (including phenoxy) is 2. The third kappa shape index (κ3) is 3.44. The average Bonchev–Trinajstić information content (AvgIpc) is 2.93. The van der Waals surface area contributed by atoms with E-state index in [0.29, 0.717) is 17.0 Å². The summed E-state index contributed by atoms with van der Waals surface area (Å²) in [4.78, 5) is 27.4. The Morgan fingerprint density at radius 3 is 2.56 bits per heavy atom. The van der Waals surface area contributed by atoms with Gasteiger partial charge in [-0.05, 0) is 31.9 Å². The van der Waals surface area contributed by atoms with E-state index in [-0.39, 0.29) is 28.8 Å². The molecule has 6 heteroatoms. The van der Waals surface area contributed by atoms with E-state index in [9.17, 15) is 14.7 Å². The Morgan fingerprint density at radius 2 is 1.93 bits per heavy atom. The molecule has 0 unspecified atom stereocenters. The number of allylic oxidation sites excluding steroid dienone is 1. The number of hydrogen-bond acceptors (Lipinski definition) is 5. The highest BCUT2D eigenvalue weighted by atomic mass is 16.5. The van der Waals surface area contributed by atoms with Crippen LogP contribution in [0.5, 0.6) is 11.5 Å². The number of phenols is 1. The number of aromatic hydroxyl groups is 1. The normalized spacial score (nSPS) is 19.7. The molecule has 1 fully saturated rings. The molecule has 1 heterocycles. The van der Waals surface area contributed by atoms with Gasteiger partial charge in [0.1, 0.15) is 0 Å². The van der Waals surface area contributed by atoms with Gasteiger partial charge in [-0.15, -0.1) is 0 Å². The molecule has 3 rings (SSSR count). The number of phenolic OH excluding ortho intramolecular Hbond substituents is 1. The van der Waals surface area contributed by atoms with E-state index in [4.69, 9.17) is 9.47 Å². The molecule has 0 atom stereocenters. The van der Waals surface area contributed by atoms with E-state index >= 15 is 0 Å². The summed E-state index contributed by atoms with van der Waals surface area (Å²) in [5.74, 6) is -0.535. The van der Waals surface area contributed by atoms with Crippen molar-refractivity contribution in [2.45, 2.75) is 45.1 Å². The monoisotopic (exact) mass is 371 g/mol. The zero-order chi connectivity index (χ0) is 19.6. The highest BCUT2D eigenvalue weighted by Gasteiger charge is 2.40. The van der Waals surface area contributed by atoms with E-state index in [1.165, 1.54) is 20.6 Å². The summed E-state index contributed by atoms with van der Waals surface area (Å²) >= 11 is 0. The molecule has 0 aromatic heterocycles. The van der Waals surface area contributed by atoms with Crippen molar-refractivity contribution >= 4 is 18.0 Å². The molecule has 0 radical (unpaired) electrons. The van der Waals surface area contributed by atoms with Crippen LogP contribution in [0.15, 0.2) is 35.0 Å². The maximum absolute atomic E-state index is 13.2. The Kier molecular flexibility index (Phi) is 5.54. The van der Waals surface area contributed by atoms with Gasteiger partial charge in [0.05, 0.1) is 25.4 Å². The number of para-hydroxylation sites is 1. The quantitative estimate of drug-likeness (QED) is 0.648. The zero-order valence-electron chi connectivity index (χ0n) is 15.9. The van der Waals surface area contributed by atoms with Crippen LogP contribution in [-0.4, -0.2) is 42.1 Å². The third-order valence-corrected chi connectivity index (χ3v) is 5.32. The maximum atomic E-state index is 13.2. The largest absolute Gasteiger partial charge is 0.504 e. The van der Waals surface area contributed by atoms with Crippen LogP contribution in [0.2, 0.25) is 0 Å². The van der Waals surface area contributed by atoms with Crippen LogP contribution in [0.25, 0.3) is 6.08 Å². The second kappa shape index (κ2) is 7.86. The lowest BCUT2D eigenvalue weighted by molar-refractivity contribution is -0.136. The topological polar surface area (TPSA) is 76.1 Å². The summed E-state index contributed by atoms with van der Waals surface area (Å²) in [6, 6.07) is 5.11. The highest BCUT2D eigenvalue weighted by Crippen LogP contribution is 2.38. The molecule has 0 saturated heterocycles. The summed E-state index contributed by atoms with van der Waals surface area (Å²) in [6.45, 7) is 1.78. The maximum Gasteiger partial charge on any atom is 0.340 e. The summed E-state index contributed by atoms with van der Waals surface area (Å²) in [5.41, 5.74) is 1.54. The molecule has 1 amide bonds. The van der Waals surface area contributed by atoms with Crippen molar-refractivity contribution in [3.8, 4) is 11.5 Å². The molecule has 144 valence electrons. The summed E-state index contributed by atoms with van der Waals surface area (Å²) in [5, 5.41) is 10.4. The first-order valence-electron chi connectivity index (χ1n) is 9.20. The predicted octanol–water partition coefficient (Wildman–Crippen LogP) is 3.41. The van der Waals surface area contributed by atoms with Gasteiger partial charge in [0.15, 0.2) is 11.5 Å². The molecule has 1 aromatic carbocycles. The molecule has 0 bridgehead atoms. The van der Waals surface area contributed by atoms with Crippen molar-refractivity contribution in [2.24, 2.45) is 0 Å². The van der Waals surface area contributed by atoms with Gasteiger partial charge in [-0.25, -0.2) is 4.79 Å². The number of carbonyl (C=O) groups is 2. The van der Waals surface area contributed by atoms with Gasteiger partial charge in [0, 0.05) is 17.3 Å². The number of methoxy groups -OCH3 is 2. The van der Waals surface area contributed by atoms with E-state index in [1.807, 2.05) is 0 Å². The van der Waals surface area contributed by atoms with Gasteiger partial charge in [-0.1, -0.05) is 31.4 Å². The fourth-order valence-electron chi connectivity index (χ4n) is 3.95. The summed E-state index contributed by atoms with van der Waals surface area (Å²) in [6.07, 6.45) is 6.71. The second-order valence-electron chi connectivity index (χ2n) is 6.88. The molecular weight excluding hydrogens is 346 g/mol. The summed E-state index contributed by atoms with van der Waals surface area (Å²) in [7, 11) is 2.76. The molecule has 2 aliphatic rings. The van der Waals surface area contributed by atoms with Crippen molar-refractivity contribution in [3.63, 3.8) is 0 Å². The number of hydrogen-bond donors (Lipinski definition) is 1. The van der Waals surface area contributed by atoms with E-state index < -0.39 is 5.97 Å². The molecule has 6 nitrogen and oxygen atoms in total. The smallest absolute Gasteiger partial charge is 0.340 e. The van der Waals surface area contributed by atoms with Crippen molar-refractivity contribution in [1.29, 1.82) is 0 Å². The van der Waals surface area contributed by atoms with Gasteiger partial charge in [-0.3, -0.25) is 4.79 Å². The van der Waals surface area contributed by atoms with E-state index in [1.54, 1.807) is 36.1 Å². The number of benzene rings is 1. The van der Waals surface area contributed by atoms with Gasteiger partial charge in [-0.2, -0.15) is 0 Å². The first-order chi connectivity index (χ1) is 13.0. The van der Waals surface area contributed by atoms with Crippen LogP contribution < -0.4 is 4.74 Å². The minimum atomic E-state index is -0.548. The molecule has 1 saturated carbocycles. The van der Waals surface area contributed by atoms with Crippen molar-refractivity contribution in [1.82, 2.24) is 4.90 Å². The third-order valence-electron chi connectivity index (χ3n) is 5.32. The molecule has 1 aromatic rings. The number of rotatable bonds is 4.